The molecule has 0 saturated carbocycles. The molecule has 0 aliphatic rings. The van der Waals surface area contributed by atoms with Crippen LogP contribution in [-0.2, 0) is 10.0 Å². The maximum atomic E-state index is 13.6. The molecule has 0 bridgehead atoms. The lowest BCUT2D eigenvalue weighted by molar-refractivity contribution is 0.378. The second-order valence-corrected chi connectivity index (χ2v) is 10.7. The molecule has 35 heavy (non-hydrogen) atoms. The summed E-state index contributed by atoms with van der Waals surface area (Å²) in [6.45, 7) is 5.84. The molecule has 0 radical (unpaired) electrons. The first-order chi connectivity index (χ1) is 16.6. The predicted octanol–water partition coefficient (Wildman–Crippen LogP) is 4.90. The van der Waals surface area contributed by atoms with Gasteiger partial charge in [0.15, 0.2) is 0 Å². The molecule has 0 aliphatic heterocycles. The van der Waals surface area contributed by atoms with Crippen LogP contribution >= 0.6 is 0 Å². The van der Waals surface area contributed by atoms with Gasteiger partial charge >= 0.3 is 0 Å². The molecule has 1 unspecified atom stereocenters. The minimum absolute atomic E-state index is 0.187. The van der Waals surface area contributed by atoms with Gasteiger partial charge < -0.3 is 4.74 Å². The van der Waals surface area contributed by atoms with Crippen LogP contribution in [0.1, 0.15) is 44.1 Å². The Morgan fingerprint density at radius 2 is 1.63 bits per heavy atom. The Morgan fingerprint density at radius 3 is 2.29 bits per heavy atom. The third-order valence-electron chi connectivity index (χ3n) is 6.26. The zero-order valence-electron chi connectivity index (χ0n) is 20.5. The zero-order valence-corrected chi connectivity index (χ0v) is 21.3. The van der Waals surface area contributed by atoms with Crippen LogP contribution in [0, 0.1) is 0 Å². The lowest BCUT2D eigenvalue weighted by Crippen LogP contribution is -2.35. The van der Waals surface area contributed by atoms with Gasteiger partial charge in [0.1, 0.15) is 11.6 Å². The predicted molar refractivity (Wildman–Crippen MR) is 138 cm³/mol. The summed E-state index contributed by atoms with van der Waals surface area (Å²) < 4.78 is 35.1. The quantitative estimate of drug-likeness (QED) is 0.367. The summed E-state index contributed by atoms with van der Waals surface area (Å²) in [5, 5.41) is 0.445. The van der Waals surface area contributed by atoms with Crippen molar-refractivity contribution < 1.29 is 13.2 Å². The molecule has 1 heterocycles. The first-order valence-corrected chi connectivity index (χ1v) is 12.8. The highest BCUT2D eigenvalue weighted by atomic mass is 32.2. The molecule has 0 amide bonds. The number of aromatic nitrogens is 2. The van der Waals surface area contributed by atoms with Gasteiger partial charge in [-0.3, -0.25) is 9.36 Å². The molecule has 0 aliphatic carbocycles. The molecule has 0 N–H and O–H groups in total. The fourth-order valence-electron chi connectivity index (χ4n) is 3.99. The third kappa shape index (κ3) is 4.59. The molecule has 0 spiro atoms. The van der Waals surface area contributed by atoms with Crippen LogP contribution in [0.2, 0.25) is 0 Å². The van der Waals surface area contributed by atoms with Gasteiger partial charge in [-0.2, -0.15) is 4.31 Å². The number of sulfonamides is 1. The number of ether oxygens (including phenoxy) is 1. The molecule has 3 aromatic carbocycles. The van der Waals surface area contributed by atoms with E-state index in [1.807, 2.05) is 12.1 Å². The lowest BCUT2D eigenvalue weighted by atomic mass is 10.0. The van der Waals surface area contributed by atoms with Crippen LogP contribution in [0.15, 0.2) is 82.5 Å². The zero-order chi connectivity index (χ0) is 25.3. The Bertz CT molecular complexity index is 1530. The van der Waals surface area contributed by atoms with Gasteiger partial charge in [0.25, 0.3) is 5.56 Å². The van der Waals surface area contributed by atoms with E-state index < -0.39 is 16.1 Å². The van der Waals surface area contributed by atoms with Gasteiger partial charge in [0, 0.05) is 13.1 Å². The van der Waals surface area contributed by atoms with Crippen molar-refractivity contribution in [3.05, 3.63) is 94.5 Å². The van der Waals surface area contributed by atoms with E-state index in [9.17, 15) is 13.2 Å². The molecular weight excluding hydrogens is 462 g/mol. The van der Waals surface area contributed by atoms with Gasteiger partial charge in [-0.1, -0.05) is 44.2 Å². The summed E-state index contributed by atoms with van der Waals surface area (Å²) in [5.41, 5.74) is 1.83. The summed E-state index contributed by atoms with van der Waals surface area (Å²) in [4.78, 5) is 18.5. The lowest BCUT2D eigenvalue weighted by Gasteiger charge is -2.26. The van der Waals surface area contributed by atoms with Crippen LogP contribution in [0.5, 0.6) is 5.75 Å². The Labute approximate surface area is 205 Å². The number of nitrogens with zero attached hydrogens (tertiary/aromatic N) is 3. The van der Waals surface area contributed by atoms with E-state index in [-0.39, 0.29) is 10.5 Å². The monoisotopic (exact) mass is 491 g/mol. The van der Waals surface area contributed by atoms with Crippen molar-refractivity contribution >= 4 is 20.9 Å². The third-order valence-corrected chi connectivity index (χ3v) is 8.20. The van der Waals surface area contributed by atoms with E-state index in [0.717, 1.165) is 5.56 Å². The largest absolute Gasteiger partial charge is 0.497 e. The summed E-state index contributed by atoms with van der Waals surface area (Å²) >= 11 is 0. The van der Waals surface area contributed by atoms with E-state index in [0.29, 0.717) is 34.1 Å². The molecule has 8 heteroatoms. The second kappa shape index (κ2) is 9.64. The molecule has 0 fully saturated rings. The van der Waals surface area contributed by atoms with E-state index in [2.05, 4.69) is 13.8 Å². The SMILES string of the molecule is COc1cccc(-n2c(C(C)N(C)S(=O)(=O)c3ccc(C(C)C)cc3)nc3ccccc3c2=O)c1. The van der Waals surface area contributed by atoms with Gasteiger partial charge in [0.05, 0.1) is 34.6 Å². The normalized spacial score (nSPS) is 12.9. The number of hydrogen-bond acceptors (Lipinski definition) is 5. The number of rotatable bonds is 7. The summed E-state index contributed by atoms with van der Waals surface area (Å²) in [6.07, 6.45) is 0. The Hall–Kier alpha value is -3.49. The summed E-state index contributed by atoms with van der Waals surface area (Å²) in [6, 6.07) is 20.3. The van der Waals surface area contributed by atoms with E-state index in [1.165, 1.54) is 15.9 Å². The molecule has 4 aromatic rings. The van der Waals surface area contributed by atoms with Crippen molar-refractivity contribution in [2.75, 3.05) is 14.2 Å². The number of para-hydroxylation sites is 1. The number of fused-ring (bicyclic) bond motifs is 1. The van der Waals surface area contributed by atoms with E-state index in [1.54, 1.807) is 74.7 Å². The molecule has 1 aromatic heterocycles. The van der Waals surface area contributed by atoms with Gasteiger partial charge in [-0.15, -0.1) is 0 Å². The molecule has 1 atom stereocenters. The minimum Gasteiger partial charge on any atom is -0.497 e. The highest BCUT2D eigenvalue weighted by Gasteiger charge is 2.30. The van der Waals surface area contributed by atoms with Crippen molar-refractivity contribution in [2.45, 2.75) is 37.6 Å². The van der Waals surface area contributed by atoms with Crippen molar-refractivity contribution in [1.29, 1.82) is 0 Å². The topological polar surface area (TPSA) is 81.5 Å². The van der Waals surface area contributed by atoms with Crippen LogP contribution in [0.3, 0.4) is 0 Å². The first-order valence-electron chi connectivity index (χ1n) is 11.4. The van der Waals surface area contributed by atoms with Crippen molar-refractivity contribution in [3.63, 3.8) is 0 Å². The van der Waals surface area contributed by atoms with E-state index in [4.69, 9.17) is 9.72 Å². The van der Waals surface area contributed by atoms with Crippen LogP contribution in [0.4, 0.5) is 0 Å². The molecule has 182 valence electrons. The van der Waals surface area contributed by atoms with E-state index >= 15 is 0 Å². The Balaban J connectivity index is 1.87. The minimum atomic E-state index is -3.85. The van der Waals surface area contributed by atoms with Gasteiger partial charge in [-0.25, -0.2) is 13.4 Å². The fraction of sp³-hybridized carbons (Fsp3) is 0.259. The number of hydrogen-bond donors (Lipinski definition) is 0. The standard InChI is InChI=1S/C27H29N3O4S/c1-18(2)20-13-15-23(16-14-20)35(32,33)29(4)19(3)26-28-25-12-7-6-11-24(25)27(31)30(26)21-9-8-10-22(17-21)34-5/h6-19H,1-5H3. The fourth-order valence-corrected chi connectivity index (χ4v) is 5.31. The number of methoxy groups -OCH3 is 1. The van der Waals surface area contributed by atoms with Gasteiger partial charge in [-0.05, 0) is 54.8 Å². The maximum absolute atomic E-state index is 13.6. The smallest absolute Gasteiger partial charge is 0.266 e. The highest BCUT2D eigenvalue weighted by molar-refractivity contribution is 7.89. The van der Waals surface area contributed by atoms with Crippen molar-refractivity contribution in [3.8, 4) is 11.4 Å². The highest BCUT2D eigenvalue weighted by Crippen LogP contribution is 2.28. The second-order valence-electron chi connectivity index (χ2n) is 8.75. The molecule has 0 saturated heterocycles. The molecular formula is C27H29N3O4S. The first kappa shape index (κ1) is 24.6. The molecule has 4 rings (SSSR count). The van der Waals surface area contributed by atoms with Crippen LogP contribution in [-0.4, -0.2) is 36.4 Å². The van der Waals surface area contributed by atoms with Crippen LogP contribution in [0.25, 0.3) is 16.6 Å². The average Bonchev–Trinajstić information content (AvgIpc) is 2.87. The van der Waals surface area contributed by atoms with Crippen LogP contribution < -0.4 is 10.3 Å². The Morgan fingerprint density at radius 1 is 0.943 bits per heavy atom. The Kier molecular flexibility index (Phi) is 6.78. The summed E-state index contributed by atoms with van der Waals surface area (Å²) in [5.74, 6) is 1.18. The maximum Gasteiger partial charge on any atom is 0.266 e. The van der Waals surface area contributed by atoms with Gasteiger partial charge in [0.2, 0.25) is 10.0 Å². The van der Waals surface area contributed by atoms with Crippen molar-refractivity contribution in [1.82, 2.24) is 13.9 Å². The average molecular weight is 492 g/mol. The number of benzene rings is 3. The van der Waals surface area contributed by atoms with Crippen molar-refractivity contribution in [2.24, 2.45) is 0 Å². The summed E-state index contributed by atoms with van der Waals surface area (Å²) in [7, 11) is -0.795. The molecule has 7 nitrogen and oxygen atoms in total.